The van der Waals surface area contributed by atoms with Crippen molar-refractivity contribution >= 4 is 23.0 Å². The third kappa shape index (κ3) is 4.75. The number of ketones is 1. The van der Waals surface area contributed by atoms with E-state index in [4.69, 9.17) is 9.47 Å². The molecule has 1 unspecified atom stereocenters. The van der Waals surface area contributed by atoms with Gasteiger partial charge in [0.25, 0.3) is 5.91 Å². The van der Waals surface area contributed by atoms with Crippen LogP contribution in [0.1, 0.15) is 34.6 Å². The molecule has 2 heterocycles. The van der Waals surface area contributed by atoms with Crippen LogP contribution in [0.15, 0.2) is 47.0 Å². The van der Waals surface area contributed by atoms with E-state index < -0.39 is 17.7 Å². The van der Waals surface area contributed by atoms with Gasteiger partial charge in [-0.05, 0) is 49.7 Å². The van der Waals surface area contributed by atoms with E-state index in [0.29, 0.717) is 41.6 Å². The van der Waals surface area contributed by atoms with Gasteiger partial charge in [0.1, 0.15) is 0 Å². The van der Waals surface area contributed by atoms with E-state index >= 15 is 0 Å². The van der Waals surface area contributed by atoms with E-state index in [1.807, 2.05) is 32.0 Å². The number of amides is 1. The molecule has 8 heteroatoms. The Morgan fingerprint density at radius 2 is 2.03 bits per heavy atom. The predicted octanol–water partition coefficient (Wildman–Crippen LogP) is 3.69. The Labute approximate surface area is 186 Å². The number of thiophene rings is 1. The number of aliphatic hydroxyl groups is 1. The maximum atomic E-state index is 13.2. The lowest BCUT2D eigenvalue weighted by molar-refractivity contribution is -0.129. The number of carbonyl (C=O) groups is 2. The Hall–Kier alpha value is -2.84. The van der Waals surface area contributed by atoms with E-state index in [2.05, 4.69) is 0 Å². The van der Waals surface area contributed by atoms with Crippen molar-refractivity contribution in [2.45, 2.75) is 19.4 Å². The molecule has 0 aliphatic carbocycles. The number of hydrogen-bond acceptors (Lipinski definition) is 7. The minimum atomic E-state index is -0.712. The van der Waals surface area contributed by atoms with Gasteiger partial charge in [-0.25, -0.2) is 0 Å². The maximum Gasteiger partial charge on any atom is 0.290 e. The van der Waals surface area contributed by atoms with Crippen LogP contribution in [0, 0.1) is 0 Å². The molecule has 31 heavy (non-hydrogen) atoms. The molecule has 1 amide bonds. The van der Waals surface area contributed by atoms with Gasteiger partial charge in [-0.1, -0.05) is 19.1 Å². The fourth-order valence-electron chi connectivity index (χ4n) is 3.50. The molecular weight excluding hydrogens is 416 g/mol. The number of hydrogen-bond donors (Lipinski definition) is 1. The highest BCUT2D eigenvalue weighted by molar-refractivity contribution is 7.12. The molecule has 3 rings (SSSR count). The number of aliphatic hydroxyl groups excluding tert-OH is 1. The average Bonchev–Trinajstić information content (AvgIpc) is 3.38. The number of ether oxygens (including phenoxy) is 2. The van der Waals surface area contributed by atoms with E-state index in [9.17, 15) is 14.7 Å². The van der Waals surface area contributed by atoms with E-state index in [0.717, 1.165) is 6.42 Å². The fourth-order valence-corrected chi connectivity index (χ4v) is 4.17. The number of rotatable bonds is 10. The highest BCUT2D eigenvalue weighted by Crippen LogP contribution is 2.42. The summed E-state index contributed by atoms with van der Waals surface area (Å²) in [6.45, 7) is 3.52. The standard InChI is InChI=1S/C23H28N2O5S/c1-5-12-30-16-9-8-15(14-17(16)29-4)20-19(21(26)18-7-6-13-31-18)22(27)23(28)25(20)11-10-24(2)3/h6-9,13-14,20,27H,5,10-12H2,1-4H3. The minimum absolute atomic E-state index is 0.0930. The van der Waals surface area contributed by atoms with Gasteiger partial charge in [-0.15, -0.1) is 11.3 Å². The number of benzene rings is 1. The molecule has 1 aromatic heterocycles. The lowest BCUT2D eigenvalue weighted by Gasteiger charge is -2.28. The molecule has 2 aromatic rings. The second-order valence-electron chi connectivity index (χ2n) is 7.53. The van der Waals surface area contributed by atoms with E-state index in [1.54, 1.807) is 36.8 Å². The number of likely N-dealkylation sites (N-methyl/N-ethyl adjacent to an activating group) is 1. The van der Waals surface area contributed by atoms with Crippen molar-refractivity contribution in [1.29, 1.82) is 0 Å². The molecular formula is C23H28N2O5S. The SMILES string of the molecule is CCCOc1ccc(C2C(C(=O)c3cccs3)=C(O)C(=O)N2CCN(C)C)cc1OC. The van der Waals surface area contributed by atoms with Crippen molar-refractivity contribution < 1.29 is 24.2 Å². The summed E-state index contributed by atoms with van der Waals surface area (Å²) in [5.41, 5.74) is 0.771. The van der Waals surface area contributed by atoms with Crippen LogP contribution in [-0.2, 0) is 4.79 Å². The minimum Gasteiger partial charge on any atom is -0.503 e. The Bertz CT molecular complexity index is 968. The quantitative estimate of drug-likeness (QED) is 0.563. The number of methoxy groups -OCH3 is 1. The highest BCUT2D eigenvalue weighted by Gasteiger charge is 2.44. The van der Waals surface area contributed by atoms with Crippen LogP contribution in [-0.4, -0.2) is 67.5 Å². The molecule has 0 fully saturated rings. The first-order chi connectivity index (χ1) is 14.9. The van der Waals surface area contributed by atoms with Crippen molar-refractivity contribution in [2.75, 3.05) is 40.9 Å². The van der Waals surface area contributed by atoms with Gasteiger partial charge in [0.05, 0.1) is 30.2 Å². The van der Waals surface area contributed by atoms with Crippen LogP contribution < -0.4 is 9.47 Å². The summed E-state index contributed by atoms with van der Waals surface area (Å²) in [6, 6.07) is 8.12. The van der Waals surface area contributed by atoms with Gasteiger partial charge in [0, 0.05) is 13.1 Å². The Kier molecular flexibility index (Phi) is 7.35. The molecule has 1 aliphatic rings. The van der Waals surface area contributed by atoms with Gasteiger partial charge in [0.2, 0.25) is 5.78 Å². The van der Waals surface area contributed by atoms with Crippen molar-refractivity contribution in [3.8, 4) is 11.5 Å². The van der Waals surface area contributed by atoms with Crippen molar-refractivity contribution in [3.05, 3.63) is 57.5 Å². The largest absolute Gasteiger partial charge is 0.503 e. The molecule has 0 saturated heterocycles. The Morgan fingerprint density at radius 3 is 2.65 bits per heavy atom. The van der Waals surface area contributed by atoms with Crippen molar-refractivity contribution in [3.63, 3.8) is 0 Å². The third-order valence-corrected chi connectivity index (χ3v) is 5.92. The summed E-state index contributed by atoms with van der Waals surface area (Å²) < 4.78 is 11.2. The Balaban J connectivity index is 2.06. The van der Waals surface area contributed by atoms with Crippen LogP contribution in [0.4, 0.5) is 0 Å². The molecule has 0 radical (unpaired) electrons. The molecule has 0 saturated carbocycles. The number of Topliss-reactive ketones (excluding diaryl/α,β-unsaturated/α-hetero) is 1. The lowest BCUT2D eigenvalue weighted by Crippen LogP contribution is -2.36. The van der Waals surface area contributed by atoms with Crippen LogP contribution >= 0.6 is 11.3 Å². The summed E-state index contributed by atoms with van der Waals surface area (Å²) in [4.78, 5) is 30.1. The summed E-state index contributed by atoms with van der Waals surface area (Å²) in [5, 5.41) is 12.5. The zero-order valence-electron chi connectivity index (χ0n) is 18.3. The normalized spacial score (nSPS) is 16.4. The Morgan fingerprint density at radius 1 is 1.26 bits per heavy atom. The number of carbonyl (C=O) groups excluding carboxylic acids is 2. The second kappa shape index (κ2) is 9.98. The van der Waals surface area contributed by atoms with Gasteiger partial charge in [-0.3, -0.25) is 9.59 Å². The van der Waals surface area contributed by atoms with Gasteiger partial charge >= 0.3 is 0 Å². The average molecular weight is 445 g/mol. The van der Waals surface area contributed by atoms with Crippen LogP contribution in [0.3, 0.4) is 0 Å². The molecule has 7 nitrogen and oxygen atoms in total. The molecule has 0 bridgehead atoms. The van der Waals surface area contributed by atoms with Crippen LogP contribution in [0.5, 0.6) is 11.5 Å². The maximum absolute atomic E-state index is 13.2. The molecule has 1 aliphatic heterocycles. The zero-order valence-corrected chi connectivity index (χ0v) is 19.1. The first kappa shape index (κ1) is 22.8. The highest BCUT2D eigenvalue weighted by atomic mass is 32.1. The van der Waals surface area contributed by atoms with Crippen molar-refractivity contribution in [2.24, 2.45) is 0 Å². The van der Waals surface area contributed by atoms with Crippen LogP contribution in [0.25, 0.3) is 0 Å². The second-order valence-corrected chi connectivity index (χ2v) is 8.48. The molecule has 0 spiro atoms. The van der Waals surface area contributed by atoms with Crippen LogP contribution in [0.2, 0.25) is 0 Å². The van der Waals surface area contributed by atoms with E-state index in [1.165, 1.54) is 16.2 Å². The van der Waals surface area contributed by atoms with Gasteiger partial charge in [-0.2, -0.15) is 0 Å². The molecule has 1 aromatic carbocycles. The summed E-state index contributed by atoms with van der Waals surface area (Å²) in [6.07, 6.45) is 0.858. The molecule has 1 N–H and O–H groups in total. The smallest absolute Gasteiger partial charge is 0.290 e. The van der Waals surface area contributed by atoms with E-state index in [-0.39, 0.29) is 11.4 Å². The van der Waals surface area contributed by atoms with Gasteiger partial charge < -0.3 is 24.4 Å². The monoisotopic (exact) mass is 444 g/mol. The van der Waals surface area contributed by atoms with Gasteiger partial charge in [0.15, 0.2) is 17.3 Å². The predicted molar refractivity (Wildman–Crippen MR) is 120 cm³/mol. The third-order valence-electron chi connectivity index (χ3n) is 5.05. The first-order valence-corrected chi connectivity index (χ1v) is 11.0. The summed E-state index contributed by atoms with van der Waals surface area (Å²) in [5.74, 6) is -0.273. The summed E-state index contributed by atoms with van der Waals surface area (Å²) >= 11 is 1.28. The zero-order chi connectivity index (χ0) is 22.5. The first-order valence-electron chi connectivity index (χ1n) is 10.2. The molecule has 166 valence electrons. The fraction of sp³-hybridized carbons (Fsp3) is 0.391. The lowest BCUT2D eigenvalue weighted by atomic mass is 9.95. The van der Waals surface area contributed by atoms with Crippen molar-refractivity contribution in [1.82, 2.24) is 9.80 Å². The summed E-state index contributed by atoms with van der Waals surface area (Å²) in [7, 11) is 5.36. The molecule has 1 atom stereocenters. The topological polar surface area (TPSA) is 79.3 Å². The number of nitrogens with zero attached hydrogens (tertiary/aromatic N) is 2.